The molecule has 0 aliphatic rings. The van der Waals surface area contributed by atoms with Gasteiger partial charge in [-0.15, -0.1) is 0 Å². The molecule has 0 heterocycles. The van der Waals surface area contributed by atoms with Crippen LogP contribution in [0.25, 0.3) is 0 Å². The van der Waals surface area contributed by atoms with Crippen LogP contribution in [-0.2, 0) is 0 Å². The Kier molecular flexibility index (Phi) is 2.89. The van der Waals surface area contributed by atoms with Gasteiger partial charge in [0.1, 0.15) is 5.82 Å². The molecule has 0 amide bonds. The van der Waals surface area contributed by atoms with Crippen molar-refractivity contribution in [3.05, 3.63) is 40.9 Å². The molecule has 0 aliphatic carbocycles. The van der Waals surface area contributed by atoms with Crippen molar-refractivity contribution in [1.29, 1.82) is 0 Å². The van der Waals surface area contributed by atoms with Gasteiger partial charge in [-0.05, 0) is 12.1 Å². The second-order valence-electron chi connectivity index (χ2n) is 4.21. The summed E-state index contributed by atoms with van der Waals surface area (Å²) < 4.78 is 13.4. The summed E-state index contributed by atoms with van der Waals surface area (Å²) in [5.74, 6) is -0.374. The van der Waals surface area contributed by atoms with E-state index in [0.29, 0.717) is 11.3 Å². The van der Waals surface area contributed by atoms with E-state index < -0.39 is 0 Å². The fourth-order valence-corrected chi connectivity index (χ4v) is 1.28. The summed E-state index contributed by atoms with van der Waals surface area (Å²) in [5.41, 5.74) is 0.329. The van der Waals surface area contributed by atoms with Crippen molar-refractivity contribution in [3.63, 3.8) is 0 Å². The second-order valence-corrected chi connectivity index (χ2v) is 4.21. The van der Waals surface area contributed by atoms with E-state index in [4.69, 9.17) is 0 Å². The van der Waals surface area contributed by atoms with Crippen LogP contribution in [0.5, 0.6) is 0 Å². The van der Waals surface area contributed by atoms with Gasteiger partial charge < -0.3 is 5.21 Å². The number of hydrogen-bond donors (Lipinski definition) is 1. The van der Waals surface area contributed by atoms with Gasteiger partial charge in [-0.1, -0.05) is 32.9 Å². The van der Waals surface area contributed by atoms with Crippen molar-refractivity contribution in [2.75, 3.05) is 0 Å². The third-order valence-corrected chi connectivity index (χ3v) is 2.00. The minimum Gasteiger partial charge on any atom is -0.625 e. The maximum absolute atomic E-state index is 13.4. The normalized spacial score (nSPS) is 13.0. The molecule has 3 heteroatoms. The van der Waals surface area contributed by atoms with E-state index in [-0.39, 0.29) is 11.2 Å². The molecule has 0 aliphatic heterocycles. The first-order chi connectivity index (χ1) is 6.46. The molecule has 76 valence electrons. The van der Waals surface area contributed by atoms with E-state index in [1.54, 1.807) is 18.2 Å². The largest absolute Gasteiger partial charge is 0.625 e. The van der Waals surface area contributed by atoms with Crippen molar-refractivity contribution in [2.45, 2.75) is 20.8 Å². The average Bonchev–Trinajstić information content (AvgIpc) is 2.07. The van der Waals surface area contributed by atoms with Gasteiger partial charge >= 0.3 is 0 Å². The number of rotatable bonds is 1. The monoisotopic (exact) mass is 195 g/mol. The predicted octanol–water partition coefficient (Wildman–Crippen LogP) is 1.24. The van der Waals surface area contributed by atoms with Crippen LogP contribution in [-0.4, -0.2) is 5.71 Å². The van der Waals surface area contributed by atoms with Crippen molar-refractivity contribution >= 4 is 5.71 Å². The van der Waals surface area contributed by atoms with E-state index in [2.05, 4.69) is 0 Å². The lowest BCUT2D eigenvalue weighted by Gasteiger charge is -2.17. The Labute approximate surface area is 83.1 Å². The molecule has 1 aromatic carbocycles. The highest BCUT2D eigenvalue weighted by molar-refractivity contribution is 6.00. The lowest BCUT2D eigenvalue weighted by molar-refractivity contribution is -0.377. The maximum atomic E-state index is 13.4. The summed E-state index contributed by atoms with van der Waals surface area (Å²) >= 11 is 0. The molecule has 0 bridgehead atoms. The van der Waals surface area contributed by atoms with Gasteiger partial charge in [-0.25, -0.2) is 9.55 Å². The van der Waals surface area contributed by atoms with Crippen LogP contribution < -0.4 is 5.16 Å². The standard InChI is InChI=1S/C11H14FNO/c1-11(2,3)10(13-14)8-6-4-5-7-9(8)12/h4-7,13H,1-3H3. The summed E-state index contributed by atoms with van der Waals surface area (Å²) in [4.78, 5) is 0. The Morgan fingerprint density at radius 3 is 2.29 bits per heavy atom. The molecular formula is C11H14FNO. The van der Waals surface area contributed by atoms with Crippen molar-refractivity contribution in [3.8, 4) is 0 Å². The van der Waals surface area contributed by atoms with Crippen LogP contribution in [0.4, 0.5) is 4.39 Å². The zero-order chi connectivity index (χ0) is 10.8. The van der Waals surface area contributed by atoms with Crippen LogP contribution >= 0.6 is 0 Å². The lowest BCUT2D eigenvalue weighted by atomic mass is 9.85. The first-order valence-corrected chi connectivity index (χ1v) is 4.47. The predicted molar refractivity (Wildman–Crippen MR) is 54.3 cm³/mol. The maximum Gasteiger partial charge on any atom is 0.200 e. The Balaban J connectivity index is 3.23. The summed E-state index contributed by atoms with van der Waals surface area (Å²) in [6.45, 7) is 5.58. The van der Waals surface area contributed by atoms with E-state index in [1.807, 2.05) is 25.9 Å². The molecule has 0 saturated carbocycles. The van der Waals surface area contributed by atoms with Crippen LogP contribution in [0.1, 0.15) is 26.3 Å². The molecule has 0 spiro atoms. The first kappa shape index (κ1) is 10.7. The Hall–Kier alpha value is -1.38. The van der Waals surface area contributed by atoms with Gasteiger partial charge in [0.25, 0.3) is 0 Å². The molecule has 1 rings (SSSR count). The molecular weight excluding hydrogens is 181 g/mol. The minimum atomic E-state index is -0.385. The van der Waals surface area contributed by atoms with Gasteiger partial charge in [0, 0.05) is 5.41 Å². The number of nitrogens with one attached hydrogen (secondary N) is 1. The molecule has 0 saturated heterocycles. The van der Waals surface area contributed by atoms with E-state index in [9.17, 15) is 9.60 Å². The average molecular weight is 195 g/mol. The molecule has 2 nitrogen and oxygen atoms in total. The Morgan fingerprint density at radius 1 is 1.29 bits per heavy atom. The summed E-state index contributed by atoms with van der Waals surface area (Å²) in [6.07, 6.45) is 0. The highest BCUT2D eigenvalue weighted by Gasteiger charge is 2.27. The quantitative estimate of drug-likeness (QED) is 0.408. The van der Waals surface area contributed by atoms with Gasteiger partial charge in [0.2, 0.25) is 5.71 Å². The number of hydrogen-bond acceptors (Lipinski definition) is 1. The molecule has 1 aromatic rings. The zero-order valence-electron chi connectivity index (χ0n) is 8.60. The third-order valence-electron chi connectivity index (χ3n) is 2.00. The zero-order valence-corrected chi connectivity index (χ0v) is 8.60. The summed E-state index contributed by atoms with van der Waals surface area (Å²) in [6, 6.07) is 6.25. The van der Waals surface area contributed by atoms with Crippen LogP contribution in [0.15, 0.2) is 24.3 Å². The van der Waals surface area contributed by atoms with Gasteiger partial charge in [0.05, 0.1) is 5.56 Å². The van der Waals surface area contributed by atoms with Crippen molar-refractivity contribution in [2.24, 2.45) is 5.41 Å². The first-order valence-electron chi connectivity index (χ1n) is 4.47. The highest BCUT2D eigenvalue weighted by atomic mass is 19.1. The van der Waals surface area contributed by atoms with Crippen LogP contribution in [0, 0.1) is 16.4 Å². The van der Waals surface area contributed by atoms with Crippen molar-refractivity contribution < 1.29 is 9.55 Å². The molecule has 0 fully saturated rings. The minimum absolute atomic E-state index is 0.343. The smallest absolute Gasteiger partial charge is 0.200 e. The van der Waals surface area contributed by atoms with Gasteiger partial charge in [0.15, 0.2) is 0 Å². The fraction of sp³-hybridized carbons (Fsp3) is 0.364. The fourth-order valence-electron chi connectivity index (χ4n) is 1.28. The molecule has 1 N–H and O–H groups in total. The number of benzene rings is 1. The van der Waals surface area contributed by atoms with Crippen molar-refractivity contribution in [1.82, 2.24) is 0 Å². The molecule has 0 radical (unpaired) electrons. The van der Waals surface area contributed by atoms with Gasteiger partial charge in [-0.2, -0.15) is 0 Å². The second kappa shape index (κ2) is 3.78. The lowest BCUT2D eigenvalue weighted by Crippen LogP contribution is -2.69. The Morgan fingerprint density at radius 2 is 1.86 bits per heavy atom. The molecule has 14 heavy (non-hydrogen) atoms. The molecule has 0 atom stereocenters. The molecule has 0 unspecified atom stereocenters. The summed E-state index contributed by atoms with van der Waals surface area (Å²) in [5, 5.41) is 12.6. The van der Waals surface area contributed by atoms with E-state index >= 15 is 0 Å². The van der Waals surface area contributed by atoms with Gasteiger partial charge in [-0.3, -0.25) is 0 Å². The highest BCUT2D eigenvalue weighted by Crippen LogP contribution is 2.20. The SMILES string of the molecule is CC(C)(C)C(=[NH+][O-])c1ccccc1F. The molecule has 0 aromatic heterocycles. The number of halogens is 1. The van der Waals surface area contributed by atoms with Crippen LogP contribution in [0.3, 0.4) is 0 Å². The summed E-state index contributed by atoms with van der Waals surface area (Å²) in [7, 11) is 0. The van der Waals surface area contributed by atoms with E-state index in [0.717, 1.165) is 0 Å². The van der Waals surface area contributed by atoms with Crippen LogP contribution in [0.2, 0.25) is 0 Å². The van der Waals surface area contributed by atoms with E-state index in [1.165, 1.54) is 6.07 Å². The Bertz CT molecular complexity index is 353. The third kappa shape index (κ3) is 2.10. The topological polar surface area (TPSA) is 37.0 Å².